The van der Waals surface area contributed by atoms with Gasteiger partial charge in [-0.05, 0) is 43.5 Å². The summed E-state index contributed by atoms with van der Waals surface area (Å²) in [6.45, 7) is 1.74. The molecule has 3 aromatic rings. The maximum Gasteiger partial charge on any atom is 0.254 e. The standard InChI is InChI=1S/C21H22FN5O2S2/c1-13(23-20(29)16-9-4-5-10-17(16)22)19-25-26-21(27(19)2)31-12-18(28)24-14-7-6-8-15(11-14)30-3/h4-11,13H,12H2,1-3H3,(H,23,29)(H,24,28). The summed E-state index contributed by atoms with van der Waals surface area (Å²) in [7, 11) is 1.75. The highest BCUT2D eigenvalue weighted by molar-refractivity contribution is 7.99. The van der Waals surface area contributed by atoms with E-state index in [-0.39, 0.29) is 17.2 Å². The minimum Gasteiger partial charge on any atom is -0.342 e. The molecule has 162 valence electrons. The lowest BCUT2D eigenvalue weighted by Gasteiger charge is -2.14. The number of carbonyl (C=O) groups excluding carboxylic acids is 2. The lowest BCUT2D eigenvalue weighted by molar-refractivity contribution is -0.113. The third-order valence-electron chi connectivity index (χ3n) is 4.41. The first-order valence-electron chi connectivity index (χ1n) is 9.40. The van der Waals surface area contributed by atoms with Crippen LogP contribution in [0.25, 0.3) is 0 Å². The van der Waals surface area contributed by atoms with Crippen molar-refractivity contribution < 1.29 is 14.0 Å². The van der Waals surface area contributed by atoms with E-state index in [0.29, 0.717) is 11.0 Å². The van der Waals surface area contributed by atoms with Crippen LogP contribution in [0.1, 0.15) is 29.1 Å². The third kappa shape index (κ3) is 5.86. The summed E-state index contributed by atoms with van der Waals surface area (Å²) >= 11 is 2.84. The van der Waals surface area contributed by atoms with Gasteiger partial charge in [-0.25, -0.2) is 4.39 Å². The topological polar surface area (TPSA) is 88.9 Å². The Morgan fingerprint density at radius 2 is 1.94 bits per heavy atom. The van der Waals surface area contributed by atoms with Crippen molar-refractivity contribution in [3.05, 3.63) is 65.7 Å². The van der Waals surface area contributed by atoms with Crippen LogP contribution >= 0.6 is 23.5 Å². The number of nitrogens with one attached hydrogen (secondary N) is 2. The maximum absolute atomic E-state index is 13.8. The monoisotopic (exact) mass is 459 g/mol. The van der Waals surface area contributed by atoms with Crippen LogP contribution in [0.2, 0.25) is 0 Å². The molecule has 0 aliphatic heterocycles. The van der Waals surface area contributed by atoms with Crippen LogP contribution in [0.5, 0.6) is 0 Å². The second kappa shape index (κ2) is 10.5. The molecule has 3 rings (SSSR count). The molecule has 1 heterocycles. The van der Waals surface area contributed by atoms with Crippen molar-refractivity contribution in [3.8, 4) is 0 Å². The number of halogens is 1. The number of amides is 2. The van der Waals surface area contributed by atoms with Gasteiger partial charge in [-0.15, -0.1) is 22.0 Å². The molecule has 31 heavy (non-hydrogen) atoms. The molecule has 0 saturated heterocycles. The van der Waals surface area contributed by atoms with E-state index >= 15 is 0 Å². The Bertz CT molecular complexity index is 1090. The van der Waals surface area contributed by atoms with Gasteiger partial charge in [0.1, 0.15) is 5.82 Å². The summed E-state index contributed by atoms with van der Waals surface area (Å²) in [5.74, 6) is -0.620. The number of nitrogens with zero attached hydrogens (tertiary/aromatic N) is 3. The molecular weight excluding hydrogens is 437 g/mol. The van der Waals surface area contributed by atoms with Gasteiger partial charge in [0, 0.05) is 17.6 Å². The van der Waals surface area contributed by atoms with Crippen LogP contribution in [0.4, 0.5) is 10.1 Å². The zero-order chi connectivity index (χ0) is 22.4. The van der Waals surface area contributed by atoms with Gasteiger partial charge in [-0.2, -0.15) is 0 Å². The van der Waals surface area contributed by atoms with E-state index in [1.165, 1.54) is 30.0 Å². The van der Waals surface area contributed by atoms with Gasteiger partial charge < -0.3 is 15.2 Å². The number of carbonyl (C=O) groups is 2. The SMILES string of the molecule is CSc1cccc(NC(=O)CSc2nnc(C(C)NC(=O)c3ccccc3F)n2C)c1. The van der Waals surface area contributed by atoms with Gasteiger partial charge in [-0.1, -0.05) is 30.0 Å². The van der Waals surface area contributed by atoms with Crippen LogP contribution in [-0.2, 0) is 11.8 Å². The third-order valence-corrected chi connectivity index (χ3v) is 6.15. The zero-order valence-corrected chi connectivity index (χ0v) is 18.9. The van der Waals surface area contributed by atoms with Crippen molar-refractivity contribution in [1.29, 1.82) is 0 Å². The summed E-state index contributed by atoms with van der Waals surface area (Å²) in [6.07, 6.45) is 1.97. The fourth-order valence-corrected chi connectivity index (χ4v) is 4.02. The highest BCUT2D eigenvalue weighted by Crippen LogP contribution is 2.22. The van der Waals surface area contributed by atoms with Crippen LogP contribution in [0.15, 0.2) is 58.6 Å². The fraction of sp³-hybridized carbons (Fsp3) is 0.238. The normalized spacial score (nSPS) is 11.7. The first-order valence-corrected chi connectivity index (χ1v) is 11.6. The Hall–Kier alpha value is -2.85. The minimum atomic E-state index is -0.588. The fourth-order valence-electron chi connectivity index (χ4n) is 2.84. The van der Waals surface area contributed by atoms with Gasteiger partial charge in [0.05, 0.1) is 17.4 Å². The van der Waals surface area contributed by atoms with Gasteiger partial charge in [0.2, 0.25) is 5.91 Å². The molecule has 1 atom stereocenters. The predicted octanol–water partition coefficient (Wildman–Crippen LogP) is 3.90. The van der Waals surface area contributed by atoms with Gasteiger partial charge >= 0.3 is 0 Å². The number of rotatable bonds is 8. The molecule has 0 fully saturated rings. The van der Waals surface area contributed by atoms with E-state index in [1.807, 2.05) is 30.5 Å². The number of benzene rings is 2. The second-order valence-corrected chi connectivity index (χ2v) is 8.47. The summed E-state index contributed by atoms with van der Waals surface area (Å²) in [5.41, 5.74) is 0.703. The number of aromatic nitrogens is 3. The Morgan fingerprint density at radius 3 is 2.68 bits per heavy atom. The molecule has 1 unspecified atom stereocenters. The first-order chi connectivity index (χ1) is 14.9. The summed E-state index contributed by atoms with van der Waals surface area (Å²) < 4.78 is 15.5. The smallest absolute Gasteiger partial charge is 0.254 e. The molecule has 0 spiro atoms. The Morgan fingerprint density at radius 1 is 1.16 bits per heavy atom. The quantitative estimate of drug-likeness (QED) is 0.497. The Balaban J connectivity index is 1.58. The van der Waals surface area contributed by atoms with E-state index < -0.39 is 17.8 Å². The molecule has 2 aromatic carbocycles. The van der Waals surface area contributed by atoms with Crippen molar-refractivity contribution in [3.63, 3.8) is 0 Å². The van der Waals surface area contributed by atoms with Crippen LogP contribution in [0, 0.1) is 5.82 Å². The van der Waals surface area contributed by atoms with Crippen LogP contribution in [0.3, 0.4) is 0 Å². The molecule has 2 amide bonds. The molecule has 2 N–H and O–H groups in total. The average Bonchev–Trinajstić information content (AvgIpc) is 3.13. The first kappa shape index (κ1) is 22.8. The van der Waals surface area contributed by atoms with Crippen molar-refractivity contribution in [2.75, 3.05) is 17.3 Å². The lowest BCUT2D eigenvalue weighted by Crippen LogP contribution is -2.29. The predicted molar refractivity (Wildman–Crippen MR) is 121 cm³/mol. The Kier molecular flexibility index (Phi) is 7.69. The van der Waals surface area contributed by atoms with E-state index in [4.69, 9.17) is 0 Å². The molecule has 10 heteroatoms. The number of hydrogen-bond donors (Lipinski definition) is 2. The largest absolute Gasteiger partial charge is 0.342 e. The highest BCUT2D eigenvalue weighted by atomic mass is 32.2. The number of hydrogen-bond acceptors (Lipinski definition) is 6. The van der Waals surface area contributed by atoms with Gasteiger partial charge in [0.25, 0.3) is 5.91 Å². The zero-order valence-electron chi connectivity index (χ0n) is 17.3. The van der Waals surface area contributed by atoms with Crippen molar-refractivity contribution in [1.82, 2.24) is 20.1 Å². The van der Waals surface area contributed by atoms with Gasteiger partial charge in [-0.3, -0.25) is 9.59 Å². The van der Waals surface area contributed by atoms with Crippen LogP contribution in [-0.4, -0.2) is 38.6 Å². The van der Waals surface area contributed by atoms with E-state index in [9.17, 15) is 14.0 Å². The summed E-state index contributed by atoms with van der Waals surface area (Å²) in [4.78, 5) is 25.7. The molecule has 7 nitrogen and oxygen atoms in total. The molecule has 1 aromatic heterocycles. The summed E-state index contributed by atoms with van der Waals surface area (Å²) in [6, 6.07) is 12.9. The second-order valence-electron chi connectivity index (χ2n) is 6.64. The van der Waals surface area contributed by atoms with E-state index in [2.05, 4.69) is 20.8 Å². The van der Waals surface area contributed by atoms with Crippen molar-refractivity contribution >= 4 is 41.0 Å². The van der Waals surface area contributed by atoms with Crippen molar-refractivity contribution in [2.45, 2.75) is 23.0 Å². The highest BCUT2D eigenvalue weighted by Gasteiger charge is 2.20. The molecular formula is C21H22FN5O2S2. The average molecular weight is 460 g/mol. The van der Waals surface area contributed by atoms with Crippen molar-refractivity contribution in [2.24, 2.45) is 7.05 Å². The lowest BCUT2D eigenvalue weighted by atomic mass is 10.2. The minimum absolute atomic E-state index is 0.0340. The maximum atomic E-state index is 13.8. The Labute approximate surface area is 188 Å². The molecule has 0 aliphatic carbocycles. The molecule has 0 bridgehead atoms. The number of thioether (sulfide) groups is 2. The van der Waals surface area contributed by atoms with Gasteiger partial charge in [0.15, 0.2) is 11.0 Å². The van der Waals surface area contributed by atoms with E-state index in [0.717, 1.165) is 10.6 Å². The molecule has 0 radical (unpaired) electrons. The molecule has 0 aliphatic rings. The van der Waals surface area contributed by atoms with E-state index in [1.54, 1.807) is 36.4 Å². The van der Waals surface area contributed by atoms with Crippen LogP contribution < -0.4 is 10.6 Å². The summed E-state index contributed by atoms with van der Waals surface area (Å²) in [5, 5.41) is 14.3. The number of anilines is 1. The molecule has 0 saturated carbocycles.